The molecule has 132 valence electrons. The summed E-state index contributed by atoms with van der Waals surface area (Å²) in [6, 6.07) is 4.40. The van der Waals surface area contributed by atoms with E-state index in [1.165, 1.54) is 37.7 Å². The van der Waals surface area contributed by atoms with Crippen LogP contribution < -0.4 is 5.32 Å². The van der Waals surface area contributed by atoms with Gasteiger partial charge in [-0.15, -0.1) is 0 Å². The summed E-state index contributed by atoms with van der Waals surface area (Å²) in [5.74, 6) is 1.98. The third-order valence-electron chi connectivity index (χ3n) is 5.89. The number of hydrogen-bond acceptors (Lipinski definition) is 4. The zero-order valence-corrected chi connectivity index (χ0v) is 16.3. The Labute approximate surface area is 153 Å². The van der Waals surface area contributed by atoms with Crippen molar-refractivity contribution in [1.82, 2.24) is 9.88 Å². The van der Waals surface area contributed by atoms with E-state index in [2.05, 4.69) is 52.1 Å². The molecule has 24 heavy (non-hydrogen) atoms. The van der Waals surface area contributed by atoms with Crippen molar-refractivity contribution in [3.63, 3.8) is 0 Å². The molecule has 1 saturated heterocycles. The van der Waals surface area contributed by atoms with E-state index in [0.717, 1.165) is 36.0 Å². The summed E-state index contributed by atoms with van der Waals surface area (Å²) in [6.07, 6.45) is 7.33. The van der Waals surface area contributed by atoms with Crippen LogP contribution in [0, 0.1) is 5.92 Å². The summed E-state index contributed by atoms with van der Waals surface area (Å²) in [6.45, 7) is 7.28. The Bertz CT molecular complexity index is 590. The van der Waals surface area contributed by atoms with Gasteiger partial charge in [0.25, 0.3) is 0 Å². The lowest BCUT2D eigenvalue weighted by Crippen LogP contribution is -2.44. The SMILES string of the molecule is C[C@@H]1CN(Cc2cc(Br)nc(NC34CCC(CC3)C4)c2)C[C@H](C)O1. The quantitative estimate of drug-likeness (QED) is 0.777. The Kier molecular flexibility index (Phi) is 4.61. The fourth-order valence-electron chi connectivity index (χ4n) is 5.02. The molecule has 1 aromatic heterocycles. The Morgan fingerprint density at radius 3 is 2.58 bits per heavy atom. The van der Waals surface area contributed by atoms with Crippen LogP contribution >= 0.6 is 15.9 Å². The maximum absolute atomic E-state index is 5.85. The Hall–Kier alpha value is -0.650. The third kappa shape index (κ3) is 3.63. The number of hydrogen-bond donors (Lipinski definition) is 1. The highest BCUT2D eigenvalue weighted by molar-refractivity contribution is 9.10. The minimum Gasteiger partial charge on any atom is -0.373 e. The molecule has 1 aliphatic heterocycles. The first-order valence-corrected chi connectivity index (χ1v) is 10.1. The zero-order chi connectivity index (χ0) is 16.7. The maximum Gasteiger partial charge on any atom is 0.128 e. The minimum atomic E-state index is 0.310. The predicted molar refractivity (Wildman–Crippen MR) is 100 cm³/mol. The standard InChI is InChI=1S/C19H28BrN3O/c1-13-10-23(11-14(2)24-13)12-16-7-17(20)21-18(8-16)22-19-5-3-15(9-19)4-6-19/h7-8,13-15H,3-6,9-12H2,1-2H3,(H,21,22)/t13-,14+,15?,19?. The van der Waals surface area contributed by atoms with Gasteiger partial charge in [-0.25, -0.2) is 4.98 Å². The van der Waals surface area contributed by atoms with Gasteiger partial charge in [-0.2, -0.15) is 0 Å². The van der Waals surface area contributed by atoms with Crippen LogP contribution in [-0.4, -0.2) is 40.7 Å². The monoisotopic (exact) mass is 393 g/mol. The molecule has 3 aliphatic rings. The molecule has 1 aromatic rings. The van der Waals surface area contributed by atoms with E-state index in [-0.39, 0.29) is 0 Å². The lowest BCUT2D eigenvalue weighted by Gasteiger charge is -2.35. The van der Waals surface area contributed by atoms with Crippen LogP contribution in [-0.2, 0) is 11.3 Å². The van der Waals surface area contributed by atoms with E-state index < -0.39 is 0 Å². The zero-order valence-electron chi connectivity index (χ0n) is 14.7. The van der Waals surface area contributed by atoms with Gasteiger partial charge >= 0.3 is 0 Å². The van der Waals surface area contributed by atoms with Gasteiger partial charge in [-0.05, 0) is 85.5 Å². The van der Waals surface area contributed by atoms with Gasteiger partial charge in [-0.3, -0.25) is 4.90 Å². The summed E-state index contributed by atoms with van der Waals surface area (Å²) in [7, 11) is 0. The number of ether oxygens (including phenoxy) is 1. The molecule has 0 radical (unpaired) electrons. The van der Waals surface area contributed by atoms with Crippen LogP contribution in [0.25, 0.3) is 0 Å². The topological polar surface area (TPSA) is 37.4 Å². The fraction of sp³-hybridized carbons (Fsp3) is 0.737. The Balaban J connectivity index is 1.47. The molecule has 2 bridgehead atoms. The van der Waals surface area contributed by atoms with Crippen molar-refractivity contribution in [2.45, 2.75) is 70.2 Å². The molecule has 2 heterocycles. The average molecular weight is 394 g/mol. The van der Waals surface area contributed by atoms with Crippen molar-refractivity contribution in [2.75, 3.05) is 18.4 Å². The van der Waals surface area contributed by atoms with Crippen LogP contribution in [0.3, 0.4) is 0 Å². The number of morpholine rings is 1. The highest BCUT2D eigenvalue weighted by atomic mass is 79.9. The van der Waals surface area contributed by atoms with E-state index in [9.17, 15) is 0 Å². The van der Waals surface area contributed by atoms with Gasteiger partial charge in [0.1, 0.15) is 10.4 Å². The third-order valence-corrected chi connectivity index (χ3v) is 6.30. The lowest BCUT2D eigenvalue weighted by molar-refractivity contribution is -0.0704. The van der Waals surface area contributed by atoms with Crippen LogP contribution in [0.2, 0.25) is 0 Å². The van der Waals surface area contributed by atoms with E-state index in [1.54, 1.807) is 0 Å². The maximum atomic E-state index is 5.85. The number of rotatable bonds is 4. The molecular weight excluding hydrogens is 366 g/mol. The molecule has 5 heteroatoms. The second kappa shape index (κ2) is 6.58. The van der Waals surface area contributed by atoms with Crippen molar-refractivity contribution < 1.29 is 4.74 Å². The Morgan fingerprint density at radius 1 is 1.25 bits per heavy atom. The molecular formula is C19H28BrN3O. The van der Waals surface area contributed by atoms with Crippen molar-refractivity contribution >= 4 is 21.7 Å². The molecule has 0 unspecified atom stereocenters. The number of nitrogens with zero attached hydrogens (tertiary/aromatic N) is 2. The number of aromatic nitrogens is 1. The first kappa shape index (κ1) is 16.8. The number of nitrogens with one attached hydrogen (secondary N) is 1. The van der Waals surface area contributed by atoms with E-state index in [1.807, 2.05) is 0 Å². The molecule has 0 amide bonds. The highest BCUT2D eigenvalue weighted by Gasteiger charge is 2.44. The molecule has 1 N–H and O–H groups in total. The summed E-state index contributed by atoms with van der Waals surface area (Å²) < 4.78 is 6.78. The summed E-state index contributed by atoms with van der Waals surface area (Å²) in [5, 5.41) is 3.80. The van der Waals surface area contributed by atoms with Gasteiger partial charge in [-0.1, -0.05) is 0 Å². The van der Waals surface area contributed by atoms with Gasteiger partial charge in [0, 0.05) is 25.2 Å². The predicted octanol–water partition coefficient (Wildman–Crippen LogP) is 4.20. The summed E-state index contributed by atoms with van der Waals surface area (Å²) in [4.78, 5) is 7.18. The van der Waals surface area contributed by atoms with Gasteiger partial charge in [0.05, 0.1) is 12.2 Å². The first-order chi connectivity index (χ1) is 11.5. The number of fused-ring (bicyclic) bond motifs is 2. The second-order valence-corrected chi connectivity index (χ2v) is 9.00. The molecule has 0 aromatic carbocycles. The largest absolute Gasteiger partial charge is 0.373 e. The first-order valence-electron chi connectivity index (χ1n) is 9.32. The van der Waals surface area contributed by atoms with E-state index >= 15 is 0 Å². The molecule has 3 fully saturated rings. The average Bonchev–Trinajstić information content (AvgIpc) is 3.05. The minimum absolute atomic E-state index is 0.310. The lowest BCUT2D eigenvalue weighted by atomic mass is 9.94. The highest BCUT2D eigenvalue weighted by Crippen LogP contribution is 2.49. The van der Waals surface area contributed by atoms with Crippen molar-refractivity contribution in [2.24, 2.45) is 5.92 Å². The van der Waals surface area contributed by atoms with Crippen LogP contribution in [0.4, 0.5) is 5.82 Å². The van der Waals surface area contributed by atoms with Crippen LogP contribution in [0.15, 0.2) is 16.7 Å². The summed E-state index contributed by atoms with van der Waals surface area (Å²) >= 11 is 3.61. The van der Waals surface area contributed by atoms with Crippen molar-refractivity contribution in [1.29, 1.82) is 0 Å². The molecule has 4 nitrogen and oxygen atoms in total. The normalized spacial score (nSPS) is 36.2. The fourth-order valence-corrected chi connectivity index (χ4v) is 5.50. The summed E-state index contributed by atoms with van der Waals surface area (Å²) in [5.41, 5.74) is 1.64. The number of pyridine rings is 1. The Morgan fingerprint density at radius 2 is 1.96 bits per heavy atom. The van der Waals surface area contributed by atoms with Gasteiger partial charge in [0.2, 0.25) is 0 Å². The molecule has 0 spiro atoms. The van der Waals surface area contributed by atoms with E-state index in [0.29, 0.717) is 17.7 Å². The number of anilines is 1. The van der Waals surface area contributed by atoms with Crippen molar-refractivity contribution in [3.8, 4) is 0 Å². The molecule has 4 rings (SSSR count). The van der Waals surface area contributed by atoms with Gasteiger partial charge < -0.3 is 10.1 Å². The number of halogens is 1. The second-order valence-electron chi connectivity index (χ2n) is 8.19. The van der Waals surface area contributed by atoms with Crippen LogP contribution in [0.1, 0.15) is 51.5 Å². The molecule has 2 saturated carbocycles. The van der Waals surface area contributed by atoms with E-state index in [4.69, 9.17) is 9.72 Å². The smallest absolute Gasteiger partial charge is 0.128 e. The molecule has 2 atom stereocenters. The van der Waals surface area contributed by atoms with Gasteiger partial charge in [0.15, 0.2) is 0 Å². The van der Waals surface area contributed by atoms with Crippen molar-refractivity contribution in [3.05, 3.63) is 22.3 Å². The molecule has 2 aliphatic carbocycles. The van der Waals surface area contributed by atoms with Crippen LogP contribution in [0.5, 0.6) is 0 Å².